The van der Waals surface area contributed by atoms with Gasteiger partial charge >= 0.3 is 0 Å². The number of aromatic nitrogens is 2. The van der Waals surface area contributed by atoms with Crippen molar-refractivity contribution < 1.29 is 4.79 Å². The molecule has 84 valence electrons. The number of hydrogen-bond donors (Lipinski definition) is 1. The van der Waals surface area contributed by atoms with E-state index in [-0.39, 0.29) is 11.9 Å². The molecule has 0 unspecified atom stereocenters. The number of nitrogens with zero attached hydrogens (tertiary/aromatic N) is 2. The van der Waals surface area contributed by atoms with Crippen molar-refractivity contribution in [2.24, 2.45) is 0 Å². The lowest BCUT2D eigenvalue weighted by Gasteiger charge is -2.06. The average Bonchev–Trinajstić information content (AvgIpc) is 2.56. The first-order chi connectivity index (χ1) is 7.06. The van der Waals surface area contributed by atoms with E-state index in [9.17, 15) is 4.79 Å². The van der Waals surface area contributed by atoms with Crippen molar-refractivity contribution in [3.05, 3.63) is 17.5 Å². The fourth-order valence-corrected chi connectivity index (χ4v) is 1.45. The summed E-state index contributed by atoms with van der Waals surface area (Å²) in [5.74, 6) is -0.0839. The molecular weight excluding hydrogens is 190 g/mol. The molecular formula is C11H19N3O. The van der Waals surface area contributed by atoms with E-state index in [1.165, 1.54) is 0 Å². The van der Waals surface area contributed by atoms with Crippen LogP contribution in [0.1, 0.15) is 49.4 Å². The van der Waals surface area contributed by atoms with E-state index >= 15 is 0 Å². The lowest BCUT2D eigenvalue weighted by molar-refractivity contribution is 0.0947. The van der Waals surface area contributed by atoms with E-state index in [1.54, 1.807) is 0 Å². The second-order valence-corrected chi connectivity index (χ2v) is 3.97. The van der Waals surface area contributed by atoms with Crippen LogP contribution in [0.4, 0.5) is 0 Å². The average molecular weight is 209 g/mol. The Bertz CT molecular complexity index is 342. The molecule has 4 nitrogen and oxygen atoms in total. The molecule has 1 aromatic rings. The molecule has 0 aliphatic rings. The summed E-state index contributed by atoms with van der Waals surface area (Å²) in [6.45, 7) is 8.79. The maximum atomic E-state index is 11.6. The molecule has 0 aliphatic heterocycles. The SMILES string of the molecule is CCCNC(=O)c1cc(C)n(C(C)C)n1. The number of rotatable bonds is 4. The van der Waals surface area contributed by atoms with Crippen LogP contribution in [0.25, 0.3) is 0 Å². The molecule has 0 bridgehead atoms. The van der Waals surface area contributed by atoms with Crippen LogP contribution in [0.2, 0.25) is 0 Å². The second kappa shape index (κ2) is 4.96. The van der Waals surface area contributed by atoms with Gasteiger partial charge in [-0.1, -0.05) is 6.92 Å². The zero-order valence-electron chi connectivity index (χ0n) is 9.87. The van der Waals surface area contributed by atoms with Crippen molar-refractivity contribution in [3.8, 4) is 0 Å². The zero-order chi connectivity index (χ0) is 11.4. The summed E-state index contributed by atoms with van der Waals surface area (Å²) in [6.07, 6.45) is 0.940. The molecule has 4 heteroatoms. The Morgan fingerprint density at radius 2 is 2.27 bits per heavy atom. The van der Waals surface area contributed by atoms with Gasteiger partial charge in [-0.15, -0.1) is 0 Å². The molecule has 0 saturated heterocycles. The van der Waals surface area contributed by atoms with E-state index in [4.69, 9.17) is 0 Å². The van der Waals surface area contributed by atoms with E-state index < -0.39 is 0 Å². The topological polar surface area (TPSA) is 46.9 Å². The van der Waals surface area contributed by atoms with E-state index in [0.717, 1.165) is 12.1 Å². The zero-order valence-corrected chi connectivity index (χ0v) is 9.87. The van der Waals surface area contributed by atoms with Gasteiger partial charge in [-0.3, -0.25) is 9.48 Å². The second-order valence-electron chi connectivity index (χ2n) is 3.97. The minimum atomic E-state index is -0.0839. The first kappa shape index (κ1) is 11.8. The highest BCUT2D eigenvalue weighted by atomic mass is 16.1. The van der Waals surface area contributed by atoms with Crippen LogP contribution in [0, 0.1) is 6.92 Å². The third kappa shape index (κ3) is 2.81. The van der Waals surface area contributed by atoms with Gasteiger partial charge in [-0.25, -0.2) is 0 Å². The Labute approximate surface area is 90.7 Å². The summed E-state index contributed by atoms with van der Waals surface area (Å²) in [5.41, 5.74) is 1.53. The lowest BCUT2D eigenvalue weighted by Crippen LogP contribution is -2.24. The minimum Gasteiger partial charge on any atom is -0.351 e. The first-order valence-electron chi connectivity index (χ1n) is 5.40. The summed E-state index contributed by atoms with van der Waals surface area (Å²) in [7, 11) is 0. The smallest absolute Gasteiger partial charge is 0.271 e. The molecule has 0 saturated carbocycles. The molecule has 0 fully saturated rings. The van der Waals surface area contributed by atoms with Crippen molar-refractivity contribution in [1.29, 1.82) is 0 Å². The van der Waals surface area contributed by atoms with Gasteiger partial charge < -0.3 is 5.32 Å². The van der Waals surface area contributed by atoms with Crippen LogP contribution in [0.3, 0.4) is 0 Å². The van der Waals surface area contributed by atoms with Crippen molar-refractivity contribution in [2.75, 3.05) is 6.54 Å². The van der Waals surface area contributed by atoms with Crippen LogP contribution < -0.4 is 5.32 Å². The quantitative estimate of drug-likeness (QED) is 0.823. The molecule has 0 atom stereocenters. The van der Waals surface area contributed by atoms with Crippen LogP contribution in [0.15, 0.2) is 6.07 Å². The fourth-order valence-electron chi connectivity index (χ4n) is 1.45. The molecule has 0 aromatic carbocycles. The van der Waals surface area contributed by atoms with E-state index in [2.05, 4.69) is 10.4 Å². The van der Waals surface area contributed by atoms with Gasteiger partial charge in [0.15, 0.2) is 0 Å². The molecule has 1 heterocycles. The Hall–Kier alpha value is -1.32. The van der Waals surface area contributed by atoms with Crippen LogP contribution in [-0.2, 0) is 0 Å². The summed E-state index contributed by atoms with van der Waals surface area (Å²) in [4.78, 5) is 11.6. The standard InChI is InChI=1S/C11H19N3O/c1-5-6-12-11(15)10-7-9(4)14(13-10)8(2)3/h7-8H,5-6H2,1-4H3,(H,12,15). The summed E-state index contributed by atoms with van der Waals surface area (Å²) in [6, 6.07) is 2.11. The number of aryl methyl sites for hydroxylation is 1. The maximum Gasteiger partial charge on any atom is 0.271 e. The number of nitrogens with one attached hydrogen (secondary N) is 1. The largest absolute Gasteiger partial charge is 0.351 e. The molecule has 0 aliphatic carbocycles. The highest BCUT2D eigenvalue weighted by molar-refractivity contribution is 5.92. The van der Waals surface area contributed by atoms with Crippen molar-refractivity contribution >= 4 is 5.91 Å². The van der Waals surface area contributed by atoms with Crippen molar-refractivity contribution in [1.82, 2.24) is 15.1 Å². The number of carbonyl (C=O) groups is 1. The molecule has 0 radical (unpaired) electrons. The van der Waals surface area contributed by atoms with E-state index in [1.807, 2.05) is 38.4 Å². The fraction of sp³-hybridized carbons (Fsp3) is 0.636. The van der Waals surface area contributed by atoms with Gasteiger partial charge in [0.1, 0.15) is 5.69 Å². The number of hydrogen-bond acceptors (Lipinski definition) is 2. The van der Waals surface area contributed by atoms with Crippen LogP contribution in [-0.4, -0.2) is 22.2 Å². The normalized spacial score (nSPS) is 10.7. The van der Waals surface area contributed by atoms with E-state index in [0.29, 0.717) is 12.2 Å². The van der Waals surface area contributed by atoms with Crippen LogP contribution in [0.5, 0.6) is 0 Å². The number of carbonyl (C=O) groups excluding carboxylic acids is 1. The molecule has 0 spiro atoms. The molecule has 15 heavy (non-hydrogen) atoms. The van der Waals surface area contributed by atoms with Crippen molar-refractivity contribution in [3.63, 3.8) is 0 Å². The summed E-state index contributed by atoms with van der Waals surface area (Å²) in [5, 5.41) is 7.08. The van der Waals surface area contributed by atoms with Gasteiger partial charge in [0.2, 0.25) is 0 Å². The highest BCUT2D eigenvalue weighted by Gasteiger charge is 2.12. The summed E-state index contributed by atoms with van der Waals surface area (Å²) < 4.78 is 1.86. The Morgan fingerprint density at radius 1 is 1.60 bits per heavy atom. The molecule has 1 rings (SSSR count). The lowest BCUT2D eigenvalue weighted by atomic mass is 10.3. The third-order valence-corrected chi connectivity index (χ3v) is 2.18. The Balaban J connectivity index is 2.78. The molecule has 1 amide bonds. The van der Waals surface area contributed by atoms with Gasteiger partial charge in [0.25, 0.3) is 5.91 Å². The molecule has 1 N–H and O–H groups in total. The maximum absolute atomic E-state index is 11.6. The van der Waals surface area contributed by atoms with Gasteiger partial charge in [0.05, 0.1) is 0 Å². The minimum absolute atomic E-state index is 0.0839. The predicted molar refractivity (Wildman–Crippen MR) is 60.0 cm³/mol. The van der Waals surface area contributed by atoms with Gasteiger partial charge in [-0.2, -0.15) is 5.10 Å². The van der Waals surface area contributed by atoms with Gasteiger partial charge in [0, 0.05) is 18.3 Å². The predicted octanol–water partition coefficient (Wildman–Crippen LogP) is 1.91. The molecule has 1 aromatic heterocycles. The highest BCUT2D eigenvalue weighted by Crippen LogP contribution is 2.09. The van der Waals surface area contributed by atoms with Gasteiger partial charge in [-0.05, 0) is 33.3 Å². The van der Waals surface area contributed by atoms with Crippen molar-refractivity contribution in [2.45, 2.75) is 40.2 Å². The number of amides is 1. The Morgan fingerprint density at radius 3 is 2.73 bits per heavy atom. The monoisotopic (exact) mass is 209 g/mol. The summed E-state index contributed by atoms with van der Waals surface area (Å²) >= 11 is 0. The Kier molecular flexibility index (Phi) is 3.88. The first-order valence-corrected chi connectivity index (χ1v) is 5.40. The third-order valence-electron chi connectivity index (χ3n) is 2.18. The van der Waals surface area contributed by atoms with Crippen LogP contribution >= 0.6 is 0 Å².